The maximum atomic E-state index is 5.81. The number of para-hydroxylation sites is 1. The van der Waals surface area contributed by atoms with Crippen LogP contribution in [0.4, 0.5) is 11.5 Å². The van der Waals surface area contributed by atoms with E-state index >= 15 is 0 Å². The molecular formula is C29H31N6OP. The maximum absolute atomic E-state index is 5.81. The van der Waals surface area contributed by atoms with Crippen LogP contribution in [0.15, 0.2) is 94.7 Å². The van der Waals surface area contributed by atoms with Crippen molar-refractivity contribution in [1.29, 1.82) is 0 Å². The van der Waals surface area contributed by atoms with Crippen molar-refractivity contribution in [2.45, 2.75) is 13.8 Å². The Balaban J connectivity index is 1.72. The molecule has 2 aliphatic heterocycles. The fraction of sp³-hybridized carbons (Fsp3) is 0.241. The first-order chi connectivity index (χ1) is 18.1. The van der Waals surface area contributed by atoms with Gasteiger partial charge in [-0.25, -0.2) is 19.1 Å². The molecule has 0 saturated carbocycles. The van der Waals surface area contributed by atoms with Crippen LogP contribution in [0.3, 0.4) is 0 Å². The smallest absolute Gasteiger partial charge is 0.170 e. The fourth-order valence-corrected chi connectivity index (χ4v) is 9.06. The van der Waals surface area contributed by atoms with Crippen LogP contribution in [0.5, 0.6) is 0 Å². The van der Waals surface area contributed by atoms with E-state index < -0.39 is 7.36 Å². The highest BCUT2D eigenvalue weighted by molar-refractivity contribution is 7.70. The lowest BCUT2D eigenvalue weighted by molar-refractivity contribution is 0.0732. The number of rotatable bonds is 4. The molecule has 4 aromatic rings. The van der Waals surface area contributed by atoms with E-state index in [2.05, 4.69) is 90.9 Å². The Kier molecular flexibility index (Phi) is 6.29. The number of aromatic nitrogens is 2. The number of benzene rings is 3. The summed E-state index contributed by atoms with van der Waals surface area (Å²) in [6.45, 7) is 7.18. The molecule has 1 unspecified atom stereocenters. The van der Waals surface area contributed by atoms with Crippen LogP contribution in [-0.2, 0) is 4.74 Å². The van der Waals surface area contributed by atoms with Gasteiger partial charge in [0.05, 0.1) is 35.6 Å². The molecule has 37 heavy (non-hydrogen) atoms. The number of ether oxygens (including phenoxy) is 1. The molecule has 1 aromatic heterocycles. The molecule has 2 aliphatic rings. The van der Waals surface area contributed by atoms with E-state index in [0.29, 0.717) is 13.2 Å². The molecule has 8 heteroatoms. The number of aliphatic imine (C=N–C) groups is 1. The fourth-order valence-electron chi connectivity index (χ4n) is 5.17. The first-order valence-corrected chi connectivity index (χ1v) is 14.3. The molecule has 1 fully saturated rings. The topological polar surface area (TPSA) is 58.2 Å². The largest absolute Gasteiger partial charge is 0.379 e. The standard InChI is InChI=1S/C29H31N6OP/c1-22-12-10-11-17-26(22)32-37(34-18-20-36-21-19-34)27-23(2)31-35(25-15-8-5-9-16-25)29(27)30-28(33(37)3)24-13-6-4-7-14-24/h4-17H,18-21H2,1-3H3. The SMILES string of the molecule is Cc1ccccc1N=P1(N2CCOCC2)c2c(C)nn(-c3ccccc3)c2N=C(c2ccccc2)N1C. The monoisotopic (exact) mass is 510 g/mol. The third-order valence-corrected chi connectivity index (χ3v) is 10.9. The molecule has 0 amide bonds. The van der Waals surface area contributed by atoms with E-state index in [-0.39, 0.29) is 0 Å². The third kappa shape index (κ3) is 4.04. The Morgan fingerprint density at radius 1 is 0.838 bits per heavy atom. The highest BCUT2D eigenvalue weighted by Gasteiger charge is 2.45. The molecule has 0 aliphatic carbocycles. The van der Waals surface area contributed by atoms with Crippen LogP contribution in [-0.4, -0.2) is 58.3 Å². The summed E-state index contributed by atoms with van der Waals surface area (Å²) in [6, 6.07) is 29.1. The van der Waals surface area contributed by atoms with Crippen molar-refractivity contribution >= 4 is 30.0 Å². The Morgan fingerprint density at radius 2 is 1.49 bits per heavy atom. The zero-order chi connectivity index (χ0) is 25.4. The molecule has 188 valence electrons. The third-order valence-electron chi connectivity index (χ3n) is 7.02. The van der Waals surface area contributed by atoms with Crippen molar-refractivity contribution < 1.29 is 4.74 Å². The van der Waals surface area contributed by atoms with Gasteiger partial charge in [-0.2, -0.15) is 5.10 Å². The number of morpholine rings is 1. The van der Waals surface area contributed by atoms with Crippen LogP contribution in [0.2, 0.25) is 0 Å². The van der Waals surface area contributed by atoms with Gasteiger partial charge in [-0.1, -0.05) is 66.7 Å². The first kappa shape index (κ1) is 23.9. The van der Waals surface area contributed by atoms with Gasteiger partial charge in [0.15, 0.2) is 13.2 Å². The van der Waals surface area contributed by atoms with Gasteiger partial charge in [-0.3, -0.25) is 0 Å². The average molecular weight is 511 g/mol. The summed E-state index contributed by atoms with van der Waals surface area (Å²) in [5.41, 5.74) is 5.16. The number of nitrogens with zero attached hydrogens (tertiary/aromatic N) is 6. The lowest BCUT2D eigenvalue weighted by Gasteiger charge is -2.46. The van der Waals surface area contributed by atoms with E-state index in [1.54, 1.807) is 0 Å². The molecule has 7 nitrogen and oxygen atoms in total. The van der Waals surface area contributed by atoms with E-state index in [1.807, 2.05) is 28.9 Å². The number of fused-ring (bicyclic) bond motifs is 1. The van der Waals surface area contributed by atoms with Crippen LogP contribution in [0, 0.1) is 13.8 Å². The predicted octanol–water partition coefficient (Wildman–Crippen LogP) is 5.83. The second-order valence-corrected chi connectivity index (χ2v) is 12.3. The van der Waals surface area contributed by atoms with Crippen molar-refractivity contribution in [2.75, 3.05) is 33.4 Å². The number of aryl methyl sites for hydroxylation is 2. The van der Waals surface area contributed by atoms with E-state index in [1.165, 1.54) is 0 Å². The molecule has 0 bridgehead atoms. The van der Waals surface area contributed by atoms with Crippen molar-refractivity contribution in [2.24, 2.45) is 9.74 Å². The predicted molar refractivity (Wildman–Crippen MR) is 151 cm³/mol. The summed E-state index contributed by atoms with van der Waals surface area (Å²) in [4.78, 5) is 5.30. The molecule has 0 radical (unpaired) electrons. The quantitative estimate of drug-likeness (QED) is 0.324. The average Bonchev–Trinajstić information content (AvgIpc) is 3.29. The van der Waals surface area contributed by atoms with Crippen molar-refractivity contribution in [3.8, 4) is 5.69 Å². The van der Waals surface area contributed by atoms with Gasteiger partial charge < -0.3 is 9.41 Å². The van der Waals surface area contributed by atoms with Gasteiger partial charge in [0.25, 0.3) is 0 Å². The second kappa shape index (κ2) is 9.75. The number of hydrogen-bond donors (Lipinski definition) is 0. The van der Waals surface area contributed by atoms with E-state index in [0.717, 1.165) is 58.2 Å². The molecular weight excluding hydrogens is 479 g/mol. The minimum absolute atomic E-state index is 0.678. The molecule has 6 rings (SSSR count). The van der Waals surface area contributed by atoms with E-state index in [4.69, 9.17) is 19.6 Å². The lowest BCUT2D eigenvalue weighted by atomic mass is 10.2. The minimum atomic E-state index is -2.56. The van der Waals surface area contributed by atoms with Crippen LogP contribution >= 0.6 is 7.36 Å². The Morgan fingerprint density at radius 3 is 2.19 bits per heavy atom. The molecule has 0 spiro atoms. The molecule has 1 atom stereocenters. The van der Waals surface area contributed by atoms with Crippen molar-refractivity contribution in [3.63, 3.8) is 0 Å². The van der Waals surface area contributed by atoms with Crippen molar-refractivity contribution in [3.05, 3.63) is 102 Å². The minimum Gasteiger partial charge on any atom is -0.379 e. The first-order valence-electron chi connectivity index (χ1n) is 12.6. The van der Waals surface area contributed by atoms with Gasteiger partial charge in [0.1, 0.15) is 5.84 Å². The summed E-state index contributed by atoms with van der Waals surface area (Å²) in [5.74, 6) is 1.76. The van der Waals surface area contributed by atoms with Gasteiger partial charge >= 0.3 is 0 Å². The zero-order valence-electron chi connectivity index (χ0n) is 21.5. The summed E-state index contributed by atoms with van der Waals surface area (Å²) in [7, 11) is -0.405. The molecule has 3 aromatic carbocycles. The highest BCUT2D eigenvalue weighted by Crippen LogP contribution is 2.62. The summed E-state index contributed by atoms with van der Waals surface area (Å²) >= 11 is 0. The summed E-state index contributed by atoms with van der Waals surface area (Å²) in [5, 5.41) is 6.19. The molecule has 3 heterocycles. The van der Waals surface area contributed by atoms with Gasteiger partial charge in [-0.15, -0.1) is 0 Å². The van der Waals surface area contributed by atoms with E-state index in [9.17, 15) is 0 Å². The van der Waals surface area contributed by atoms with Crippen molar-refractivity contribution in [1.82, 2.24) is 19.1 Å². The summed E-state index contributed by atoms with van der Waals surface area (Å²) < 4.78 is 18.4. The summed E-state index contributed by atoms with van der Waals surface area (Å²) in [6.07, 6.45) is 0. The highest BCUT2D eigenvalue weighted by atomic mass is 31.2. The van der Waals surface area contributed by atoms with Crippen LogP contribution in [0.1, 0.15) is 16.8 Å². The number of amidine groups is 1. The Bertz CT molecular complexity index is 1510. The van der Waals surface area contributed by atoms with Crippen LogP contribution < -0.4 is 5.30 Å². The lowest BCUT2D eigenvalue weighted by Crippen LogP contribution is -2.45. The molecule has 1 saturated heterocycles. The maximum Gasteiger partial charge on any atom is 0.170 e. The number of hydrogen-bond acceptors (Lipinski definition) is 4. The zero-order valence-corrected chi connectivity index (χ0v) is 22.3. The van der Waals surface area contributed by atoms with Gasteiger partial charge in [0.2, 0.25) is 0 Å². The normalized spacial score (nSPS) is 19.9. The van der Waals surface area contributed by atoms with Gasteiger partial charge in [0, 0.05) is 25.7 Å². The van der Waals surface area contributed by atoms with Crippen LogP contribution in [0.25, 0.3) is 5.69 Å². The Hall–Kier alpha value is -3.51. The second-order valence-electron chi connectivity index (χ2n) is 9.35. The Labute approximate surface area is 218 Å². The molecule has 0 N–H and O–H groups in total. The van der Waals surface area contributed by atoms with Gasteiger partial charge in [-0.05, 0) is 37.6 Å².